The maximum Gasteiger partial charge on any atom is 0.261 e. The van der Waals surface area contributed by atoms with E-state index in [1.165, 1.54) is 6.07 Å². The lowest BCUT2D eigenvalue weighted by Crippen LogP contribution is -2.14. The maximum atomic E-state index is 12.2. The molecule has 2 rings (SSSR count). The Morgan fingerprint density at radius 1 is 1.55 bits per heavy atom. The number of hydrogen-bond donors (Lipinski definition) is 1. The van der Waals surface area contributed by atoms with E-state index < -0.39 is 0 Å². The minimum absolute atomic E-state index is 0.294. The van der Waals surface area contributed by atoms with Crippen molar-refractivity contribution in [2.75, 3.05) is 5.32 Å². The molecule has 0 aliphatic rings. The van der Waals surface area contributed by atoms with E-state index in [-0.39, 0.29) is 5.91 Å². The first-order chi connectivity index (χ1) is 9.56. The summed E-state index contributed by atoms with van der Waals surface area (Å²) in [6.45, 7) is 3.58. The zero-order valence-corrected chi connectivity index (χ0v) is 11.8. The molecule has 1 N–H and O–H groups in total. The highest BCUT2D eigenvalue weighted by Crippen LogP contribution is 2.22. The van der Waals surface area contributed by atoms with Gasteiger partial charge in [0.15, 0.2) is 0 Å². The van der Waals surface area contributed by atoms with E-state index in [0.29, 0.717) is 39.7 Å². The van der Waals surface area contributed by atoms with E-state index >= 15 is 0 Å². The van der Waals surface area contributed by atoms with Crippen LogP contribution in [0, 0.1) is 18.3 Å². The SMILES string of the molecule is CCc1noc(C)c1C(=O)Nc1ccc(C#N)c(Cl)c1. The fraction of sp³-hybridized carbons (Fsp3) is 0.214. The summed E-state index contributed by atoms with van der Waals surface area (Å²) >= 11 is 5.92. The van der Waals surface area contributed by atoms with Crippen LogP contribution in [-0.2, 0) is 6.42 Å². The molecular formula is C14H12ClN3O2. The molecule has 0 saturated heterocycles. The quantitative estimate of drug-likeness (QED) is 0.940. The van der Waals surface area contributed by atoms with E-state index in [1.807, 2.05) is 13.0 Å². The standard InChI is InChI=1S/C14H12ClN3O2/c1-3-12-13(8(2)20-18-12)14(19)17-10-5-4-9(7-16)11(15)6-10/h4-6H,3H2,1-2H3,(H,17,19). The molecule has 0 spiro atoms. The van der Waals surface area contributed by atoms with Crippen molar-refractivity contribution in [1.82, 2.24) is 5.16 Å². The van der Waals surface area contributed by atoms with Gasteiger partial charge < -0.3 is 9.84 Å². The predicted octanol–water partition coefficient (Wildman–Crippen LogP) is 3.32. The van der Waals surface area contributed by atoms with Crippen LogP contribution in [0.4, 0.5) is 5.69 Å². The summed E-state index contributed by atoms with van der Waals surface area (Å²) in [5.74, 6) is 0.167. The summed E-state index contributed by atoms with van der Waals surface area (Å²) in [6, 6.07) is 6.67. The second kappa shape index (κ2) is 5.76. The summed E-state index contributed by atoms with van der Waals surface area (Å²) in [5.41, 5.74) is 1.93. The van der Waals surface area contributed by atoms with Gasteiger partial charge in [0, 0.05) is 5.69 Å². The van der Waals surface area contributed by atoms with Gasteiger partial charge >= 0.3 is 0 Å². The van der Waals surface area contributed by atoms with E-state index in [9.17, 15) is 4.79 Å². The number of aromatic nitrogens is 1. The van der Waals surface area contributed by atoms with Crippen LogP contribution in [0.1, 0.15) is 34.3 Å². The highest BCUT2D eigenvalue weighted by atomic mass is 35.5. The lowest BCUT2D eigenvalue weighted by atomic mass is 10.1. The van der Waals surface area contributed by atoms with Gasteiger partial charge in [-0.25, -0.2) is 0 Å². The first kappa shape index (κ1) is 14.1. The van der Waals surface area contributed by atoms with E-state index in [4.69, 9.17) is 21.4 Å². The van der Waals surface area contributed by atoms with Gasteiger partial charge in [0.1, 0.15) is 17.4 Å². The number of carbonyl (C=O) groups excluding carboxylic acids is 1. The van der Waals surface area contributed by atoms with Crippen molar-refractivity contribution in [3.8, 4) is 6.07 Å². The number of aryl methyl sites for hydroxylation is 2. The van der Waals surface area contributed by atoms with Crippen LogP contribution >= 0.6 is 11.6 Å². The van der Waals surface area contributed by atoms with Crippen LogP contribution in [0.15, 0.2) is 22.7 Å². The minimum atomic E-state index is -0.304. The minimum Gasteiger partial charge on any atom is -0.361 e. The highest BCUT2D eigenvalue weighted by Gasteiger charge is 2.19. The summed E-state index contributed by atoms with van der Waals surface area (Å²) in [6.07, 6.45) is 0.605. The Hall–Kier alpha value is -2.32. The smallest absolute Gasteiger partial charge is 0.261 e. The third kappa shape index (κ3) is 2.65. The van der Waals surface area contributed by atoms with Gasteiger partial charge in [0.05, 0.1) is 16.3 Å². The molecule has 102 valence electrons. The zero-order valence-electron chi connectivity index (χ0n) is 11.0. The number of hydrogen-bond acceptors (Lipinski definition) is 4. The van der Waals surface area contributed by atoms with Crippen LogP contribution in [0.25, 0.3) is 0 Å². The van der Waals surface area contributed by atoms with Crippen LogP contribution in [0.5, 0.6) is 0 Å². The van der Waals surface area contributed by atoms with Crippen molar-refractivity contribution in [1.29, 1.82) is 5.26 Å². The molecule has 2 aromatic rings. The number of nitriles is 1. The summed E-state index contributed by atoms with van der Waals surface area (Å²) in [5, 5.41) is 15.7. The molecule has 0 radical (unpaired) electrons. The van der Waals surface area contributed by atoms with Crippen molar-refractivity contribution in [3.05, 3.63) is 45.8 Å². The fourth-order valence-electron chi connectivity index (χ4n) is 1.83. The van der Waals surface area contributed by atoms with E-state index in [0.717, 1.165) is 0 Å². The molecule has 0 atom stereocenters. The third-order valence-corrected chi connectivity index (χ3v) is 3.16. The Balaban J connectivity index is 2.26. The Labute approximate surface area is 121 Å². The van der Waals surface area contributed by atoms with Crippen LogP contribution < -0.4 is 5.32 Å². The van der Waals surface area contributed by atoms with Crippen LogP contribution in [-0.4, -0.2) is 11.1 Å². The molecule has 5 nitrogen and oxygen atoms in total. The lowest BCUT2D eigenvalue weighted by molar-refractivity contribution is 0.102. The first-order valence-electron chi connectivity index (χ1n) is 6.03. The number of carbonyl (C=O) groups is 1. The van der Waals surface area contributed by atoms with Gasteiger partial charge in [-0.2, -0.15) is 5.26 Å². The average molecular weight is 290 g/mol. The number of rotatable bonds is 3. The number of anilines is 1. The molecule has 0 saturated carbocycles. The van der Waals surface area contributed by atoms with Gasteiger partial charge in [-0.05, 0) is 31.5 Å². The summed E-state index contributed by atoms with van der Waals surface area (Å²) < 4.78 is 5.03. The second-order valence-electron chi connectivity index (χ2n) is 4.17. The molecule has 20 heavy (non-hydrogen) atoms. The van der Waals surface area contributed by atoms with E-state index in [1.54, 1.807) is 19.1 Å². The predicted molar refractivity (Wildman–Crippen MR) is 74.7 cm³/mol. The van der Waals surface area contributed by atoms with Crippen LogP contribution in [0.3, 0.4) is 0 Å². The number of nitrogens with one attached hydrogen (secondary N) is 1. The normalized spacial score (nSPS) is 10.1. The Bertz CT molecular complexity index is 701. The number of benzene rings is 1. The zero-order chi connectivity index (χ0) is 14.7. The van der Waals surface area contributed by atoms with Gasteiger partial charge in [-0.1, -0.05) is 23.7 Å². The van der Waals surface area contributed by atoms with Crippen LogP contribution in [0.2, 0.25) is 5.02 Å². The van der Waals surface area contributed by atoms with Crippen molar-refractivity contribution in [3.63, 3.8) is 0 Å². The monoisotopic (exact) mass is 289 g/mol. The Kier molecular flexibility index (Phi) is 4.06. The van der Waals surface area contributed by atoms with Gasteiger partial charge in [0.25, 0.3) is 5.91 Å². The second-order valence-corrected chi connectivity index (χ2v) is 4.58. The fourth-order valence-corrected chi connectivity index (χ4v) is 2.05. The van der Waals surface area contributed by atoms with E-state index in [2.05, 4.69) is 10.5 Å². The number of amides is 1. The molecular weight excluding hydrogens is 278 g/mol. The van der Waals surface area contributed by atoms with Crippen molar-refractivity contribution < 1.29 is 9.32 Å². The largest absolute Gasteiger partial charge is 0.361 e. The molecule has 6 heteroatoms. The first-order valence-corrected chi connectivity index (χ1v) is 6.40. The topological polar surface area (TPSA) is 78.9 Å². The third-order valence-electron chi connectivity index (χ3n) is 2.84. The molecule has 0 aliphatic carbocycles. The molecule has 0 fully saturated rings. The molecule has 1 aromatic heterocycles. The van der Waals surface area contributed by atoms with Crippen molar-refractivity contribution >= 4 is 23.2 Å². The number of nitrogens with zero attached hydrogens (tertiary/aromatic N) is 2. The number of halogens is 1. The maximum absolute atomic E-state index is 12.2. The van der Waals surface area contributed by atoms with Gasteiger partial charge in [-0.3, -0.25) is 4.79 Å². The molecule has 0 aliphatic heterocycles. The van der Waals surface area contributed by atoms with Crippen molar-refractivity contribution in [2.24, 2.45) is 0 Å². The molecule has 0 unspecified atom stereocenters. The molecule has 1 amide bonds. The Morgan fingerprint density at radius 2 is 2.30 bits per heavy atom. The van der Waals surface area contributed by atoms with Gasteiger partial charge in [-0.15, -0.1) is 0 Å². The molecule has 0 bridgehead atoms. The Morgan fingerprint density at radius 3 is 2.90 bits per heavy atom. The average Bonchev–Trinajstić information content (AvgIpc) is 2.80. The van der Waals surface area contributed by atoms with Gasteiger partial charge in [0.2, 0.25) is 0 Å². The van der Waals surface area contributed by atoms with Crippen molar-refractivity contribution in [2.45, 2.75) is 20.3 Å². The summed E-state index contributed by atoms with van der Waals surface area (Å²) in [4.78, 5) is 12.2. The summed E-state index contributed by atoms with van der Waals surface area (Å²) in [7, 11) is 0. The molecule has 1 aromatic carbocycles. The molecule has 1 heterocycles. The highest BCUT2D eigenvalue weighted by molar-refractivity contribution is 6.32. The lowest BCUT2D eigenvalue weighted by Gasteiger charge is -2.06.